The van der Waals surface area contributed by atoms with Gasteiger partial charge in [-0.1, -0.05) is 37.0 Å². The minimum Gasteiger partial charge on any atom is -0.425 e. The lowest BCUT2D eigenvalue weighted by Gasteiger charge is -2.31. The van der Waals surface area contributed by atoms with Gasteiger partial charge in [-0.2, -0.15) is 0 Å². The number of esters is 1. The highest BCUT2D eigenvalue weighted by atomic mass is 35.5. The Morgan fingerprint density at radius 3 is 2.38 bits per heavy atom. The number of rotatable bonds is 5. The van der Waals surface area contributed by atoms with E-state index in [0.717, 1.165) is 0 Å². The fraction of sp³-hybridized carbons (Fsp3) is 0.500. The number of hydrogen-bond donors (Lipinski definition) is 0. The second kappa shape index (κ2) is 6.85. The van der Waals surface area contributed by atoms with Gasteiger partial charge in [0.1, 0.15) is 10.8 Å². The van der Waals surface area contributed by atoms with E-state index in [-0.39, 0.29) is 33.3 Å². The monoisotopic (exact) mass is 370 g/mol. The largest absolute Gasteiger partial charge is 0.425 e. The van der Waals surface area contributed by atoms with E-state index in [1.54, 1.807) is 6.07 Å². The zero-order valence-electron chi connectivity index (χ0n) is 14.2. The van der Waals surface area contributed by atoms with Gasteiger partial charge in [-0.25, -0.2) is 0 Å². The van der Waals surface area contributed by atoms with Crippen LogP contribution in [-0.4, -0.2) is 17.5 Å². The second-order valence-corrected chi connectivity index (χ2v) is 7.41. The third-order valence-corrected chi connectivity index (χ3v) is 5.57. The number of carbonyl (C=O) groups excluding carboxylic acids is 3. The summed E-state index contributed by atoms with van der Waals surface area (Å²) in [5.41, 5.74) is 0.410. The van der Waals surface area contributed by atoms with Crippen molar-refractivity contribution < 1.29 is 19.1 Å². The van der Waals surface area contributed by atoms with E-state index < -0.39 is 11.4 Å². The van der Waals surface area contributed by atoms with Gasteiger partial charge in [0.15, 0.2) is 11.5 Å². The Bertz CT molecular complexity index is 724. The minimum absolute atomic E-state index is 0.0313. The molecule has 0 heterocycles. The first-order chi connectivity index (χ1) is 11.1. The summed E-state index contributed by atoms with van der Waals surface area (Å²) in [6, 6.07) is 1.61. The summed E-state index contributed by atoms with van der Waals surface area (Å²) in [6.07, 6.45) is 1.25. The van der Waals surface area contributed by atoms with Gasteiger partial charge in [-0.05, 0) is 37.3 Å². The van der Waals surface area contributed by atoms with Gasteiger partial charge in [0.25, 0.3) is 0 Å². The van der Waals surface area contributed by atoms with Crippen molar-refractivity contribution >= 4 is 40.7 Å². The molecule has 0 amide bonds. The molecule has 0 N–H and O–H groups in total. The van der Waals surface area contributed by atoms with E-state index in [4.69, 9.17) is 27.9 Å². The maximum atomic E-state index is 13.1. The van der Waals surface area contributed by atoms with E-state index in [2.05, 4.69) is 0 Å². The molecule has 1 aliphatic rings. The third-order valence-electron chi connectivity index (χ3n) is 4.72. The zero-order valence-corrected chi connectivity index (χ0v) is 15.7. The van der Waals surface area contributed by atoms with E-state index in [1.165, 1.54) is 13.8 Å². The summed E-state index contributed by atoms with van der Waals surface area (Å²) < 4.78 is 5.09. The third kappa shape index (κ3) is 3.22. The summed E-state index contributed by atoms with van der Waals surface area (Å²) in [7, 11) is 0. The van der Waals surface area contributed by atoms with Crippen LogP contribution < -0.4 is 4.74 Å². The van der Waals surface area contributed by atoms with Gasteiger partial charge >= 0.3 is 5.97 Å². The predicted octanol–water partition coefficient (Wildman–Crippen LogP) is 4.67. The van der Waals surface area contributed by atoms with Crippen LogP contribution in [0.25, 0.3) is 0 Å². The van der Waals surface area contributed by atoms with Crippen molar-refractivity contribution in [2.24, 2.45) is 11.3 Å². The second-order valence-electron chi connectivity index (χ2n) is 6.65. The van der Waals surface area contributed by atoms with Gasteiger partial charge in [-0.3, -0.25) is 9.59 Å². The molecule has 0 aliphatic heterocycles. The SMILES string of the molecule is CC(=O)CCC1(C(C)C)Cc2cc(OC(C)=O)c(Cl)c(Cl)c2C1=O. The molecular formula is C18H20Cl2O4. The molecule has 6 heteroatoms. The molecule has 0 aromatic heterocycles. The van der Waals surface area contributed by atoms with Gasteiger partial charge in [0, 0.05) is 24.3 Å². The van der Waals surface area contributed by atoms with Crippen molar-refractivity contribution in [1.82, 2.24) is 0 Å². The average molecular weight is 371 g/mol. The van der Waals surface area contributed by atoms with E-state index >= 15 is 0 Å². The number of Topliss-reactive ketones (excluding diaryl/α,β-unsaturated/α-hetero) is 2. The molecule has 0 spiro atoms. The molecule has 1 aromatic rings. The molecule has 0 fully saturated rings. The highest BCUT2D eigenvalue weighted by molar-refractivity contribution is 6.45. The normalized spacial score (nSPS) is 19.5. The Balaban J connectivity index is 2.53. The van der Waals surface area contributed by atoms with Crippen LogP contribution in [0.4, 0.5) is 0 Å². The molecule has 24 heavy (non-hydrogen) atoms. The number of carbonyl (C=O) groups is 3. The standard InChI is InChI=1S/C18H20Cl2O4/c1-9(2)18(6-5-10(3)21)8-12-7-13(24-11(4)22)15(19)16(20)14(12)17(18)23/h7,9H,5-6,8H2,1-4H3. The number of ether oxygens (including phenoxy) is 1. The van der Waals surface area contributed by atoms with E-state index in [0.29, 0.717) is 30.4 Å². The summed E-state index contributed by atoms with van der Waals surface area (Å²) in [5.74, 6) is -0.363. The number of ketones is 2. The van der Waals surface area contributed by atoms with Crippen LogP contribution in [-0.2, 0) is 16.0 Å². The molecule has 0 radical (unpaired) electrons. The van der Waals surface area contributed by atoms with Crippen molar-refractivity contribution in [2.45, 2.75) is 47.0 Å². The summed E-state index contributed by atoms with van der Waals surface area (Å²) >= 11 is 12.5. The Labute approximate surface area is 151 Å². The maximum absolute atomic E-state index is 13.1. The van der Waals surface area contributed by atoms with Crippen LogP contribution in [0.5, 0.6) is 5.75 Å². The molecule has 0 saturated heterocycles. The van der Waals surface area contributed by atoms with Crippen LogP contribution >= 0.6 is 23.2 Å². The highest BCUT2D eigenvalue weighted by Crippen LogP contribution is 2.51. The average Bonchev–Trinajstić information content (AvgIpc) is 2.75. The van der Waals surface area contributed by atoms with E-state index in [9.17, 15) is 14.4 Å². The molecule has 1 aromatic carbocycles. The summed E-state index contributed by atoms with van der Waals surface area (Å²) in [4.78, 5) is 35.8. The first-order valence-electron chi connectivity index (χ1n) is 7.83. The summed E-state index contributed by atoms with van der Waals surface area (Å²) in [5, 5.41) is 0.172. The molecular weight excluding hydrogens is 351 g/mol. The molecule has 2 rings (SSSR count). The van der Waals surface area contributed by atoms with Gasteiger partial charge in [-0.15, -0.1) is 0 Å². The van der Waals surface area contributed by atoms with Gasteiger partial charge in [0.05, 0.1) is 5.02 Å². The lowest BCUT2D eigenvalue weighted by atomic mass is 9.70. The molecule has 130 valence electrons. The quantitative estimate of drug-likeness (QED) is 0.558. The fourth-order valence-electron chi connectivity index (χ4n) is 3.29. The number of hydrogen-bond acceptors (Lipinski definition) is 4. The zero-order chi connectivity index (χ0) is 18.2. The number of fused-ring (bicyclic) bond motifs is 1. The number of benzene rings is 1. The number of halogens is 2. The topological polar surface area (TPSA) is 60.4 Å². The molecule has 0 bridgehead atoms. The van der Waals surface area contributed by atoms with Crippen LogP contribution in [0.3, 0.4) is 0 Å². The molecule has 1 unspecified atom stereocenters. The van der Waals surface area contributed by atoms with Crippen LogP contribution in [0.2, 0.25) is 10.0 Å². The van der Waals surface area contributed by atoms with E-state index in [1.807, 2.05) is 13.8 Å². The Morgan fingerprint density at radius 2 is 1.88 bits per heavy atom. The van der Waals surface area contributed by atoms with Crippen molar-refractivity contribution in [3.63, 3.8) is 0 Å². The minimum atomic E-state index is -0.685. The smallest absolute Gasteiger partial charge is 0.308 e. The van der Waals surface area contributed by atoms with Gasteiger partial charge in [0.2, 0.25) is 0 Å². The van der Waals surface area contributed by atoms with Crippen LogP contribution in [0.15, 0.2) is 6.07 Å². The van der Waals surface area contributed by atoms with Crippen molar-refractivity contribution in [2.75, 3.05) is 0 Å². The predicted molar refractivity (Wildman–Crippen MR) is 93.0 cm³/mol. The van der Waals surface area contributed by atoms with Crippen LogP contribution in [0, 0.1) is 11.3 Å². The van der Waals surface area contributed by atoms with Crippen molar-refractivity contribution in [1.29, 1.82) is 0 Å². The molecule has 4 nitrogen and oxygen atoms in total. The molecule has 1 atom stereocenters. The Morgan fingerprint density at radius 1 is 1.25 bits per heavy atom. The molecule has 1 aliphatic carbocycles. The van der Waals surface area contributed by atoms with Crippen molar-refractivity contribution in [3.05, 3.63) is 27.2 Å². The Hall–Kier alpha value is -1.39. The van der Waals surface area contributed by atoms with Crippen molar-refractivity contribution in [3.8, 4) is 5.75 Å². The highest BCUT2D eigenvalue weighted by Gasteiger charge is 2.49. The lowest BCUT2D eigenvalue weighted by Crippen LogP contribution is -2.34. The maximum Gasteiger partial charge on any atom is 0.308 e. The molecule has 0 saturated carbocycles. The first-order valence-corrected chi connectivity index (χ1v) is 8.59. The first kappa shape index (κ1) is 18.9. The lowest BCUT2D eigenvalue weighted by molar-refractivity contribution is -0.131. The van der Waals surface area contributed by atoms with Gasteiger partial charge < -0.3 is 9.53 Å². The Kier molecular flexibility index (Phi) is 5.41. The summed E-state index contributed by atoms with van der Waals surface area (Å²) in [6.45, 7) is 6.72. The fourth-order valence-corrected chi connectivity index (χ4v) is 3.78. The van der Waals surface area contributed by atoms with Crippen LogP contribution in [0.1, 0.15) is 56.5 Å².